The number of nitrogens with two attached hydrogens (primary N) is 1. The minimum atomic E-state index is 0.600. The smallest absolute Gasteiger partial charge is 0.0361 e. The van der Waals surface area contributed by atoms with E-state index >= 15 is 0 Å². The van der Waals surface area contributed by atoms with E-state index in [1.54, 1.807) is 11.8 Å². The Morgan fingerprint density at radius 3 is 2.54 bits per heavy atom. The van der Waals surface area contributed by atoms with Crippen LogP contribution in [0.4, 0.5) is 0 Å². The Balaban J connectivity index is 0.00000122. The highest BCUT2D eigenvalue weighted by Gasteiger charge is 2.09. The van der Waals surface area contributed by atoms with Crippen LogP contribution in [0.3, 0.4) is 0 Å². The minimum absolute atomic E-state index is 0.600. The molecule has 0 amide bonds. The molecule has 0 atom stereocenters. The average molecular weight is 416 g/mol. The molecule has 28 heavy (non-hydrogen) atoms. The maximum absolute atomic E-state index is 8.04. The van der Waals surface area contributed by atoms with E-state index in [4.69, 9.17) is 5.41 Å². The van der Waals surface area contributed by atoms with E-state index in [2.05, 4.69) is 61.1 Å². The number of rotatable bonds is 7. The number of benzene rings is 1. The van der Waals surface area contributed by atoms with E-state index in [9.17, 15) is 0 Å². The van der Waals surface area contributed by atoms with Gasteiger partial charge in [0.2, 0.25) is 0 Å². The zero-order chi connectivity index (χ0) is 20.9. The third-order valence-corrected chi connectivity index (χ3v) is 6.22. The van der Waals surface area contributed by atoms with Gasteiger partial charge < -0.3 is 11.1 Å². The summed E-state index contributed by atoms with van der Waals surface area (Å²) in [5, 5.41) is 8.04. The highest BCUT2D eigenvalue weighted by Crippen LogP contribution is 2.32. The summed E-state index contributed by atoms with van der Waals surface area (Å²) in [6.45, 7) is 16.7. The molecule has 3 nitrogen and oxygen atoms in total. The second-order valence-corrected chi connectivity index (χ2v) is 8.97. The van der Waals surface area contributed by atoms with Crippen molar-refractivity contribution in [3.05, 3.63) is 71.3 Å². The SMILES string of the molecule is C=C(S/C(C)=C\C)c1ccc(C(C)=N)c(/C=C/CN2CCSCC2)c1.C=CN. The highest BCUT2D eigenvalue weighted by atomic mass is 32.2. The van der Waals surface area contributed by atoms with E-state index in [0.29, 0.717) is 5.71 Å². The van der Waals surface area contributed by atoms with Crippen LogP contribution in [-0.2, 0) is 0 Å². The molecule has 0 radical (unpaired) electrons. The van der Waals surface area contributed by atoms with Crippen LogP contribution in [0.15, 0.2) is 54.6 Å². The molecule has 1 heterocycles. The molecule has 1 fully saturated rings. The van der Waals surface area contributed by atoms with Crippen molar-refractivity contribution in [2.24, 2.45) is 5.73 Å². The molecule has 0 aliphatic carbocycles. The zero-order valence-electron chi connectivity index (χ0n) is 17.3. The number of nitrogens with one attached hydrogen (secondary N) is 1. The van der Waals surface area contributed by atoms with Crippen molar-refractivity contribution in [1.29, 1.82) is 5.41 Å². The Kier molecular flexibility index (Phi) is 11.7. The highest BCUT2D eigenvalue weighted by molar-refractivity contribution is 8.11. The fourth-order valence-electron chi connectivity index (χ4n) is 2.64. The number of thioether (sulfide) groups is 2. The second kappa shape index (κ2) is 13.5. The topological polar surface area (TPSA) is 53.1 Å². The third-order valence-electron chi connectivity index (χ3n) is 4.23. The summed E-state index contributed by atoms with van der Waals surface area (Å²) in [6, 6.07) is 6.28. The van der Waals surface area contributed by atoms with Gasteiger partial charge in [-0.2, -0.15) is 11.8 Å². The van der Waals surface area contributed by atoms with Gasteiger partial charge in [0.15, 0.2) is 0 Å². The largest absolute Gasteiger partial charge is 0.405 e. The van der Waals surface area contributed by atoms with Crippen molar-refractivity contribution in [2.75, 3.05) is 31.1 Å². The molecule has 3 N–H and O–H groups in total. The van der Waals surface area contributed by atoms with Gasteiger partial charge in [-0.05, 0) is 49.1 Å². The van der Waals surface area contributed by atoms with Crippen LogP contribution < -0.4 is 5.73 Å². The first-order chi connectivity index (χ1) is 13.4. The van der Waals surface area contributed by atoms with Gasteiger partial charge in [0.1, 0.15) is 0 Å². The lowest BCUT2D eigenvalue weighted by Crippen LogP contribution is -2.32. The lowest BCUT2D eigenvalue weighted by Gasteiger charge is -2.24. The van der Waals surface area contributed by atoms with Gasteiger partial charge in [-0.15, -0.1) is 0 Å². The molecule has 1 aromatic carbocycles. The minimum Gasteiger partial charge on any atom is -0.405 e. The first kappa shape index (κ1) is 24.3. The summed E-state index contributed by atoms with van der Waals surface area (Å²) < 4.78 is 0. The van der Waals surface area contributed by atoms with Crippen molar-refractivity contribution in [3.8, 4) is 0 Å². The molecule has 0 bridgehead atoms. The molecular formula is C23H33N3S2. The number of nitrogens with zero attached hydrogens (tertiary/aromatic N) is 1. The fraction of sp³-hybridized carbons (Fsp3) is 0.348. The zero-order valence-corrected chi connectivity index (χ0v) is 19.0. The lowest BCUT2D eigenvalue weighted by molar-refractivity contribution is 0.336. The van der Waals surface area contributed by atoms with Gasteiger partial charge >= 0.3 is 0 Å². The second-order valence-electron chi connectivity index (χ2n) is 6.40. The van der Waals surface area contributed by atoms with E-state index < -0.39 is 0 Å². The van der Waals surface area contributed by atoms with Gasteiger partial charge in [0.05, 0.1) is 0 Å². The molecule has 1 aliphatic rings. The number of hydrogen-bond acceptors (Lipinski definition) is 5. The Bertz CT molecular complexity index is 729. The Hall–Kier alpha value is -1.69. The maximum Gasteiger partial charge on any atom is 0.0361 e. The third kappa shape index (κ3) is 8.55. The summed E-state index contributed by atoms with van der Waals surface area (Å²) in [4.78, 5) is 4.78. The van der Waals surface area contributed by atoms with Crippen LogP contribution in [0.2, 0.25) is 0 Å². The first-order valence-corrected chi connectivity index (χ1v) is 11.4. The summed E-state index contributed by atoms with van der Waals surface area (Å²) in [7, 11) is 0. The summed E-state index contributed by atoms with van der Waals surface area (Å²) >= 11 is 3.74. The number of hydrogen-bond donors (Lipinski definition) is 2. The van der Waals surface area contributed by atoms with Crippen LogP contribution in [0.25, 0.3) is 11.0 Å². The van der Waals surface area contributed by atoms with Gasteiger partial charge in [-0.3, -0.25) is 4.90 Å². The fourth-order valence-corrected chi connectivity index (χ4v) is 4.37. The Labute approximate surface area is 179 Å². The summed E-state index contributed by atoms with van der Waals surface area (Å²) in [6.07, 6.45) is 7.75. The van der Waals surface area contributed by atoms with Crippen LogP contribution in [0.1, 0.15) is 37.5 Å². The molecule has 5 heteroatoms. The molecule has 2 rings (SSSR count). The predicted molar refractivity (Wildman–Crippen MR) is 132 cm³/mol. The average Bonchev–Trinajstić information content (AvgIpc) is 2.69. The van der Waals surface area contributed by atoms with Gasteiger partial charge in [-0.1, -0.05) is 55.3 Å². The standard InChI is InChI=1S/C21H28N2S2.C2H5N/c1-5-16(2)25-18(4)19-8-9-21(17(3)22)20(15-19)7-6-10-23-11-13-24-14-12-23;1-2-3/h5-9,15,22H,4,10-14H2,1-3H3;2H,1,3H2/b7-6+,16-5-,22-17?;. The van der Waals surface area contributed by atoms with Gasteiger partial charge in [0.25, 0.3) is 0 Å². The Morgan fingerprint density at radius 2 is 1.96 bits per heavy atom. The Morgan fingerprint density at radius 1 is 1.32 bits per heavy atom. The van der Waals surface area contributed by atoms with E-state index in [0.717, 1.165) is 28.1 Å². The van der Waals surface area contributed by atoms with E-state index in [1.807, 2.05) is 31.7 Å². The van der Waals surface area contributed by atoms with Crippen LogP contribution in [-0.4, -0.2) is 41.8 Å². The molecule has 0 spiro atoms. The van der Waals surface area contributed by atoms with E-state index in [-0.39, 0.29) is 0 Å². The molecule has 152 valence electrons. The first-order valence-electron chi connectivity index (χ1n) is 9.41. The molecule has 0 unspecified atom stereocenters. The molecule has 1 aromatic rings. The van der Waals surface area contributed by atoms with Crippen molar-refractivity contribution >= 4 is 40.2 Å². The monoisotopic (exact) mass is 415 g/mol. The molecular weight excluding hydrogens is 382 g/mol. The van der Waals surface area contributed by atoms with Crippen molar-refractivity contribution < 1.29 is 0 Å². The van der Waals surface area contributed by atoms with Crippen LogP contribution in [0, 0.1) is 5.41 Å². The van der Waals surface area contributed by atoms with Crippen molar-refractivity contribution in [1.82, 2.24) is 4.90 Å². The molecule has 0 saturated carbocycles. The summed E-state index contributed by atoms with van der Waals surface area (Å²) in [5.41, 5.74) is 8.44. The van der Waals surface area contributed by atoms with Gasteiger partial charge in [0, 0.05) is 47.3 Å². The molecule has 1 aliphatic heterocycles. The van der Waals surface area contributed by atoms with Gasteiger partial charge in [-0.25, -0.2) is 0 Å². The predicted octanol–water partition coefficient (Wildman–Crippen LogP) is 5.85. The van der Waals surface area contributed by atoms with Crippen molar-refractivity contribution in [2.45, 2.75) is 20.8 Å². The summed E-state index contributed by atoms with van der Waals surface area (Å²) in [5.74, 6) is 2.46. The van der Waals surface area contributed by atoms with Crippen LogP contribution in [0.5, 0.6) is 0 Å². The van der Waals surface area contributed by atoms with Crippen LogP contribution >= 0.6 is 23.5 Å². The normalized spacial score (nSPS) is 15.0. The molecule has 1 saturated heterocycles. The maximum atomic E-state index is 8.04. The van der Waals surface area contributed by atoms with Crippen molar-refractivity contribution in [3.63, 3.8) is 0 Å². The van der Waals surface area contributed by atoms with E-state index in [1.165, 1.54) is 35.7 Å². The number of allylic oxidation sites excluding steroid dienone is 2. The lowest BCUT2D eigenvalue weighted by atomic mass is 10.00. The molecule has 0 aromatic heterocycles. The quantitative estimate of drug-likeness (QED) is 0.548.